The van der Waals surface area contributed by atoms with Crippen molar-refractivity contribution in [2.75, 3.05) is 0 Å². The van der Waals surface area contributed by atoms with Crippen molar-refractivity contribution in [2.45, 2.75) is 143 Å². The molecule has 0 bridgehead atoms. The lowest BCUT2D eigenvalue weighted by atomic mass is 9.35. The van der Waals surface area contributed by atoms with Crippen molar-refractivity contribution in [1.29, 1.82) is 0 Å². The Morgan fingerprint density at radius 1 is 0.765 bits per heavy atom. The minimum Gasteiger partial charge on any atom is -0.393 e. The minimum atomic E-state index is -0.824. The maximum Gasteiger partial charge on any atom is 0.0651 e. The van der Waals surface area contributed by atoms with Gasteiger partial charge < -0.3 is 20.4 Å². The summed E-state index contributed by atoms with van der Waals surface area (Å²) in [6, 6.07) is 0. The fourth-order valence-corrected chi connectivity index (χ4v) is 10.5. The van der Waals surface area contributed by atoms with Gasteiger partial charge in [-0.1, -0.05) is 34.6 Å². The molecule has 198 valence electrons. The Labute approximate surface area is 208 Å². The molecule has 0 spiro atoms. The molecule has 0 saturated heterocycles. The van der Waals surface area contributed by atoms with Crippen LogP contribution < -0.4 is 0 Å². The maximum atomic E-state index is 11.8. The Hall–Kier alpha value is -0.160. The molecule has 4 fully saturated rings. The minimum absolute atomic E-state index is 0.00836. The molecule has 0 heterocycles. The van der Waals surface area contributed by atoms with Gasteiger partial charge in [0.15, 0.2) is 0 Å². The highest BCUT2D eigenvalue weighted by Gasteiger charge is 2.71. The Morgan fingerprint density at radius 2 is 1.38 bits per heavy atom. The zero-order valence-corrected chi connectivity index (χ0v) is 23.3. The monoisotopic (exact) mass is 478 g/mol. The molecule has 0 aliphatic heterocycles. The van der Waals surface area contributed by atoms with Crippen molar-refractivity contribution < 1.29 is 20.4 Å². The highest BCUT2D eigenvalue weighted by molar-refractivity contribution is 5.19. The van der Waals surface area contributed by atoms with E-state index in [2.05, 4.69) is 34.6 Å². The average molecular weight is 479 g/mol. The van der Waals surface area contributed by atoms with Crippen molar-refractivity contribution >= 4 is 0 Å². The lowest BCUT2D eigenvalue weighted by molar-refractivity contribution is -0.246. The summed E-state index contributed by atoms with van der Waals surface area (Å²) in [6.45, 7) is 17.6. The fourth-order valence-electron chi connectivity index (χ4n) is 10.5. The second-order valence-electron chi connectivity index (χ2n) is 15.4. The highest BCUT2D eigenvalue weighted by Crippen LogP contribution is 2.75. The summed E-state index contributed by atoms with van der Waals surface area (Å²) in [7, 11) is 0. The van der Waals surface area contributed by atoms with Crippen LogP contribution in [0.25, 0.3) is 0 Å². The zero-order chi connectivity index (χ0) is 25.5. The molecule has 0 aromatic heterocycles. The van der Waals surface area contributed by atoms with Gasteiger partial charge in [-0.15, -0.1) is 0 Å². The van der Waals surface area contributed by atoms with Gasteiger partial charge in [0.1, 0.15) is 0 Å². The van der Waals surface area contributed by atoms with E-state index < -0.39 is 11.2 Å². The van der Waals surface area contributed by atoms with Gasteiger partial charge in [0.05, 0.1) is 23.4 Å². The predicted octanol–water partition coefficient (Wildman–Crippen LogP) is 5.70. The van der Waals surface area contributed by atoms with Crippen LogP contribution in [-0.4, -0.2) is 43.8 Å². The van der Waals surface area contributed by atoms with E-state index in [1.807, 2.05) is 20.8 Å². The van der Waals surface area contributed by atoms with Crippen LogP contribution in [0.15, 0.2) is 0 Å². The van der Waals surface area contributed by atoms with E-state index in [4.69, 9.17) is 0 Å². The van der Waals surface area contributed by atoms with Crippen LogP contribution in [0.2, 0.25) is 0 Å². The molecule has 1 unspecified atom stereocenters. The molecule has 4 heteroatoms. The van der Waals surface area contributed by atoms with E-state index in [1.165, 1.54) is 0 Å². The maximum absolute atomic E-state index is 11.8. The molecule has 4 saturated carbocycles. The lowest BCUT2D eigenvalue weighted by Gasteiger charge is -2.70. The fraction of sp³-hybridized carbons (Fsp3) is 1.00. The first-order chi connectivity index (χ1) is 15.4. The number of rotatable bonds is 5. The van der Waals surface area contributed by atoms with Gasteiger partial charge in [0, 0.05) is 0 Å². The van der Waals surface area contributed by atoms with Crippen molar-refractivity contribution in [2.24, 2.45) is 45.3 Å². The molecule has 0 aromatic carbocycles. The van der Waals surface area contributed by atoms with Crippen LogP contribution in [0.1, 0.15) is 120 Å². The van der Waals surface area contributed by atoms with E-state index in [-0.39, 0.29) is 45.7 Å². The van der Waals surface area contributed by atoms with Crippen LogP contribution in [0.3, 0.4) is 0 Å². The highest BCUT2D eigenvalue weighted by atomic mass is 16.3. The first-order valence-corrected chi connectivity index (χ1v) is 14.2. The van der Waals surface area contributed by atoms with Crippen molar-refractivity contribution in [3.63, 3.8) is 0 Å². The Balaban J connectivity index is 1.62. The summed E-state index contributed by atoms with van der Waals surface area (Å²) < 4.78 is 0. The first-order valence-electron chi connectivity index (χ1n) is 14.2. The summed E-state index contributed by atoms with van der Waals surface area (Å²) in [5, 5.41) is 44.5. The third-order valence-electron chi connectivity index (χ3n) is 12.6. The van der Waals surface area contributed by atoms with Gasteiger partial charge in [-0.05, 0) is 130 Å². The van der Waals surface area contributed by atoms with Gasteiger partial charge >= 0.3 is 0 Å². The lowest BCUT2D eigenvalue weighted by Crippen LogP contribution is -2.66. The van der Waals surface area contributed by atoms with Gasteiger partial charge in [-0.3, -0.25) is 0 Å². The number of fused-ring (bicyclic) bond motifs is 5. The third-order valence-corrected chi connectivity index (χ3v) is 12.6. The molecule has 4 aliphatic rings. The summed E-state index contributed by atoms with van der Waals surface area (Å²) >= 11 is 0. The molecule has 4 nitrogen and oxygen atoms in total. The summed E-state index contributed by atoms with van der Waals surface area (Å²) in [6.07, 6.45) is 8.62. The summed E-state index contributed by atoms with van der Waals surface area (Å²) in [5.74, 6) is 1.15. The normalized spacial score (nSPS) is 50.1. The van der Waals surface area contributed by atoms with Gasteiger partial charge in [0.2, 0.25) is 0 Å². The topological polar surface area (TPSA) is 80.9 Å². The van der Waals surface area contributed by atoms with E-state index in [0.29, 0.717) is 24.7 Å². The van der Waals surface area contributed by atoms with E-state index in [1.54, 1.807) is 0 Å². The van der Waals surface area contributed by atoms with E-state index in [0.717, 1.165) is 51.4 Å². The number of hydrogen-bond donors (Lipinski definition) is 4. The molecular formula is C30H54O4. The van der Waals surface area contributed by atoms with E-state index >= 15 is 0 Å². The first kappa shape index (κ1) is 26.9. The molecule has 10 atom stereocenters. The molecule has 0 radical (unpaired) electrons. The van der Waals surface area contributed by atoms with Crippen LogP contribution >= 0.6 is 0 Å². The molecule has 0 aromatic rings. The number of aliphatic hydroxyl groups is 4. The van der Waals surface area contributed by atoms with Crippen LogP contribution in [0, 0.1) is 45.3 Å². The number of aliphatic hydroxyl groups excluding tert-OH is 2. The Bertz CT molecular complexity index is 768. The average Bonchev–Trinajstić information content (AvgIpc) is 3.07. The SMILES string of the molecule is CC(C)(O)CCC[C@](C)(O)[C@H]1CC[C@@]2(C)[C@@H]1[C@H](O)C[C@@H]1[C@@]3(C)CC[C@H](O)C(C)(C)C3CC[C@]12C. The smallest absolute Gasteiger partial charge is 0.0651 e. The molecule has 0 amide bonds. The van der Waals surface area contributed by atoms with Crippen molar-refractivity contribution in [1.82, 2.24) is 0 Å². The number of hydrogen-bond acceptors (Lipinski definition) is 4. The van der Waals surface area contributed by atoms with Crippen LogP contribution in [-0.2, 0) is 0 Å². The predicted molar refractivity (Wildman–Crippen MR) is 137 cm³/mol. The van der Waals surface area contributed by atoms with Crippen LogP contribution in [0.5, 0.6) is 0 Å². The third kappa shape index (κ3) is 3.84. The summed E-state index contributed by atoms with van der Waals surface area (Å²) in [5.41, 5.74) is -1.33. The second-order valence-corrected chi connectivity index (χ2v) is 15.4. The largest absolute Gasteiger partial charge is 0.393 e. The second kappa shape index (κ2) is 8.17. The van der Waals surface area contributed by atoms with Gasteiger partial charge in [0.25, 0.3) is 0 Å². The van der Waals surface area contributed by atoms with Crippen molar-refractivity contribution in [3.8, 4) is 0 Å². The molecule has 4 aliphatic carbocycles. The Kier molecular flexibility index (Phi) is 6.46. The quantitative estimate of drug-likeness (QED) is 0.409. The molecule has 4 rings (SSSR count). The molecule has 34 heavy (non-hydrogen) atoms. The Morgan fingerprint density at radius 3 is 2.00 bits per heavy atom. The molecule has 4 N–H and O–H groups in total. The molecular weight excluding hydrogens is 424 g/mol. The standard InChI is InChI=1S/C30H54O4/c1-25(2,33)13-9-14-30(8,34)19-10-16-29(7)24(19)20(31)18-22-27(5)15-12-23(32)26(3,4)21(27)11-17-28(22,29)6/h19-24,31-34H,9-18H2,1-8H3/t19-,20+,21?,22+,23-,24-,27-,28+,29-,30-/m0/s1. The summed E-state index contributed by atoms with van der Waals surface area (Å²) in [4.78, 5) is 0. The van der Waals surface area contributed by atoms with Gasteiger partial charge in [-0.25, -0.2) is 0 Å². The van der Waals surface area contributed by atoms with Crippen LogP contribution in [0.4, 0.5) is 0 Å². The van der Waals surface area contributed by atoms with Gasteiger partial charge in [-0.2, -0.15) is 0 Å². The van der Waals surface area contributed by atoms with E-state index in [9.17, 15) is 20.4 Å². The van der Waals surface area contributed by atoms with Crippen molar-refractivity contribution in [3.05, 3.63) is 0 Å². The zero-order valence-electron chi connectivity index (χ0n) is 23.3.